The first-order chi connectivity index (χ1) is 9.79. The second kappa shape index (κ2) is 6.50. The normalized spacial score (nSPS) is 11.5. The molecule has 1 aromatic heterocycles. The van der Waals surface area contributed by atoms with Crippen LogP contribution in [0.25, 0.3) is 0 Å². The highest BCUT2D eigenvalue weighted by atomic mass is 79.9. The average molecular weight is 443 g/mol. The van der Waals surface area contributed by atoms with Crippen LogP contribution in [0.15, 0.2) is 38.6 Å². The molecule has 0 spiro atoms. The van der Waals surface area contributed by atoms with Gasteiger partial charge in [0.05, 0.1) is 17.7 Å². The molecule has 0 bridgehead atoms. The van der Waals surface area contributed by atoms with Gasteiger partial charge in [-0.1, -0.05) is 15.9 Å². The maximum Gasteiger partial charge on any atom is 0.417 e. The number of halogens is 5. The zero-order valence-corrected chi connectivity index (χ0v) is 14.3. The summed E-state index contributed by atoms with van der Waals surface area (Å²) in [6.07, 6.45) is -4.58. The van der Waals surface area contributed by atoms with Gasteiger partial charge in [-0.05, 0) is 45.6 Å². The number of hydrogen-bond acceptors (Lipinski definition) is 2. The van der Waals surface area contributed by atoms with Gasteiger partial charge in [-0.25, -0.2) is 0 Å². The molecule has 1 N–H and O–H groups in total. The lowest BCUT2D eigenvalue weighted by atomic mass is 10.1. The fraction of sp³-hybridized carbons (Fsp3) is 0.154. The number of rotatable bonds is 3. The molecule has 2 nitrogen and oxygen atoms in total. The maximum absolute atomic E-state index is 13.0. The Balaban J connectivity index is 2.21. The first-order valence-electron chi connectivity index (χ1n) is 5.66. The predicted octanol–water partition coefficient (Wildman–Crippen LogP) is 5.22. The van der Waals surface area contributed by atoms with Crippen molar-refractivity contribution in [2.24, 2.45) is 0 Å². The summed E-state index contributed by atoms with van der Waals surface area (Å²) in [4.78, 5) is 12.8. The third-order valence-electron chi connectivity index (χ3n) is 2.63. The lowest BCUT2D eigenvalue weighted by Crippen LogP contribution is -2.25. The molecule has 0 aliphatic heterocycles. The Morgan fingerprint density at radius 3 is 2.52 bits per heavy atom. The van der Waals surface area contributed by atoms with E-state index in [9.17, 15) is 18.0 Å². The van der Waals surface area contributed by atoms with E-state index in [1.165, 1.54) is 17.4 Å². The summed E-state index contributed by atoms with van der Waals surface area (Å²) in [5.74, 6) is -0.755. The summed E-state index contributed by atoms with van der Waals surface area (Å²) in [6, 6.07) is 5.28. The molecule has 0 saturated heterocycles. The van der Waals surface area contributed by atoms with Crippen molar-refractivity contribution in [2.45, 2.75) is 12.7 Å². The molecule has 0 aliphatic carbocycles. The number of thiophene rings is 1. The van der Waals surface area contributed by atoms with E-state index in [0.717, 1.165) is 21.5 Å². The van der Waals surface area contributed by atoms with E-state index in [1.54, 1.807) is 0 Å². The van der Waals surface area contributed by atoms with Crippen LogP contribution in [0.3, 0.4) is 0 Å². The number of nitrogens with one attached hydrogen (secondary N) is 1. The van der Waals surface area contributed by atoms with Crippen molar-refractivity contribution in [3.63, 3.8) is 0 Å². The van der Waals surface area contributed by atoms with Crippen LogP contribution in [0.4, 0.5) is 13.2 Å². The molecule has 1 amide bonds. The van der Waals surface area contributed by atoms with E-state index in [-0.39, 0.29) is 11.0 Å². The van der Waals surface area contributed by atoms with Crippen LogP contribution in [0, 0.1) is 0 Å². The van der Waals surface area contributed by atoms with Gasteiger partial charge in [0, 0.05) is 13.8 Å². The van der Waals surface area contributed by atoms with Gasteiger partial charge in [0.1, 0.15) is 0 Å². The molecule has 0 unspecified atom stereocenters. The van der Waals surface area contributed by atoms with Crippen LogP contribution >= 0.6 is 43.2 Å². The van der Waals surface area contributed by atoms with Crippen molar-refractivity contribution in [2.75, 3.05) is 0 Å². The fourth-order valence-electron chi connectivity index (χ4n) is 1.66. The monoisotopic (exact) mass is 441 g/mol. The van der Waals surface area contributed by atoms with E-state index in [4.69, 9.17) is 0 Å². The number of amides is 1. The molecular weight excluding hydrogens is 435 g/mol. The summed E-state index contributed by atoms with van der Waals surface area (Å²) < 4.78 is 40.0. The Morgan fingerprint density at radius 2 is 1.95 bits per heavy atom. The van der Waals surface area contributed by atoms with E-state index < -0.39 is 23.2 Å². The van der Waals surface area contributed by atoms with Gasteiger partial charge in [0.2, 0.25) is 0 Å². The lowest BCUT2D eigenvalue weighted by molar-refractivity contribution is -0.138. The minimum absolute atomic E-state index is 0.171. The van der Waals surface area contributed by atoms with Gasteiger partial charge in [-0.2, -0.15) is 13.2 Å². The third kappa shape index (κ3) is 4.08. The molecule has 21 heavy (non-hydrogen) atoms. The molecular formula is C13H8Br2F3NOS. The third-order valence-corrected chi connectivity index (χ3v) is 5.05. The highest BCUT2D eigenvalue weighted by Crippen LogP contribution is 2.34. The Labute approximate surface area is 139 Å². The molecule has 2 rings (SSSR count). The summed E-state index contributed by atoms with van der Waals surface area (Å²) in [5.41, 5.74) is -1.35. The van der Waals surface area contributed by atoms with Crippen molar-refractivity contribution in [1.29, 1.82) is 0 Å². The van der Waals surface area contributed by atoms with Crippen LogP contribution in [0.2, 0.25) is 0 Å². The van der Waals surface area contributed by atoms with Crippen LogP contribution in [0.1, 0.15) is 20.8 Å². The Hall–Kier alpha value is -0.860. The van der Waals surface area contributed by atoms with E-state index in [1.807, 2.05) is 11.4 Å². The predicted molar refractivity (Wildman–Crippen MR) is 82.3 cm³/mol. The van der Waals surface area contributed by atoms with Crippen LogP contribution in [-0.2, 0) is 12.7 Å². The highest BCUT2D eigenvalue weighted by Gasteiger charge is 2.35. The van der Waals surface area contributed by atoms with Crippen LogP contribution in [-0.4, -0.2) is 5.91 Å². The van der Waals surface area contributed by atoms with Crippen molar-refractivity contribution in [3.8, 4) is 0 Å². The first-order valence-corrected chi connectivity index (χ1v) is 8.12. The fourth-order valence-corrected chi connectivity index (χ4v) is 3.45. The summed E-state index contributed by atoms with van der Waals surface area (Å²) in [7, 11) is 0. The molecule has 0 saturated carbocycles. The minimum Gasteiger partial charge on any atom is -0.347 e. The largest absolute Gasteiger partial charge is 0.417 e. The van der Waals surface area contributed by atoms with Gasteiger partial charge in [0.15, 0.2) is 0 Å². The summed E-state index contributed by atoms with van der Waals surface area (Å²) in [6.45, 7) is 0.171. The molecule has 2 aromatic rings. The van der Waals surface area contributed by atoms with Crippen LogP contribution < -0.4 is 5.32 Å². The van der Waals surface area contributed by atoms with E-state index in [0.29, 0.717) is 0 Å². The van der Waals surface area contributed by atoms with E-state index >= 15 is 0 Å². The second-order valence-corrected chi connectivity index (χ2v) is 6.83. The second-order valence-electron chi connectivity index (χ2n) is 4.06. The molecule has 0 atom stereocenters. The first kappa shape index (κ1) is 16.5. The SMILES string of the molecule is O=C(NCc1sccc1Br)c1ccc(Br)cc1C(F)(F)F. The van der Waals surface area contributed by atoms with Gasteiger partial charge >= 0.3 is 6.18 Å². The topological polar surface area (TPSA) is 29.1 Å². The van der Waals surface area contributed by atoms with Gasteiger partial charge in [-0.3, -0.25) is 4.79 Å². The average Bonchev–Trinajstić information content (AvgIpc) is 2.80. The van der Waals surface area contributed by atoms with Crippen molar-refractivity contribution in [1.82, 2.24) is 5.32 Å². The standard InChI is InChI=1S/C13H8Br2F3NOS/c14-7-1-2-8(9(5-7)13(16,17)18)12(20)19-6-11-10(15)3-4-21-11/h1-5H,6H2,(H,19,20). The molecule has 1 aromatic carbocycles. The Morgan fingerprint density at radius 1 is 1.24 bits per heavy atom. The molecule has 8 heteroatoms. The lowest BCUT2D eigenvalue weighted by Gasteiger charge is -2.13. The number of carbonyl (C=O) groups is 1. The van der Waals surface area contributed by atoms with Crippen molar-refractivity contribution < 1.29 is 18.0 Å². The highest BCUT2D eigenvalue weighted by molar-refractivity contribution is 9.10. The molecule has 0 radical (unpaired) electrons. The quantitative estimate of drug-likeness (QED) is 0.693. The van der Waals surface area contributed by atoms with E-state index in [2.05, 4.69) is 37.2 Å². The Kier molecular flexibility index (Phi) is 5.11. The molecule has 0 fully saturated rings. The van der Waals surface area contributed by atoms with Gasteiger partial charge < -0.3 is 5.32 Å². The van der Waals surface area contributed by atoms with Gasteiger partial charge in [0.25, 0.3) is 5.91 Å². The molecule has 0 aliphatic rings. The summed E-state index contributed by atoms with van der Waals surface area (Å²) >= 11 is 7.69. The Bertz CT molecular complexity index is 670. The number of alkyl halides is 3. The van der Waals surface area contributed by atoms with Crippen molar-refractivity contribution in [3.05, 3.63) is 54.6 Å². The van der Waals surface area contributed by atoms with Crippen LogP contribution in [0.5, 0.6) is 0 Å². The smallest absolute Gasteiger partial charge is 0.347 e. The zero-order valence-electron chi connectivity index (χ0n) is 10.3. The number of benzene rings is 1. The van der Waals surface area contributed by atoms with Gasteiger partial charge in [-0.15, -0.1) is 11.3 Å². The number of hydrogen-bond donors (Lipinski definition) is 1. The number of carbonyl (C=O) groups excluding carboxylic acids is 1. The maximum atomic E-state index is 13.0. The molecule has 1 heterocycles. The minimum atomic E-state index is -4.58. The van der Waals surface area contributed by atoms with Crippen molar-refractivity contribution >= 4 is 49.1 Å². The zero-order chi connectivity index (χ0) is 15.6. The summed E-state index contributed by atoms with van der Waals surface area (Å²) in [5, 5.41) is 4.33. The molecule has 112 valence electrons.